The van der Waals surface area contributed by atoms with Gasteiger partial charge in [-0.25, -0.2) is 0 Å². The predicted octanol–water partition coefficient (Wildman–Crippen LogP) is 4.13. The van der Waals surface area contributed by atoms with E-state index in [1.807, 2.05) is 51.1 Å². The number of carbonyl (C=O) groups excluding carboxylic acids is 2. The third-order valence-corrected chi connectivity index (χ3v) is 3.68. The van der Waals surface area contributed by atoms with Gasteiger partial charge >= 0.3 is 0 Å². The fraction of sp³-hybridized carbons (Fsp3) is 0.222. The van der Waals surface area contributed by atoms with Crippen molar-refractivity contribution in [1.29, 1.82) is 0 Å². The summed E-state index contributed by atoms with van der Waals surface area (Å²) in [4.78, 5) is 25.0. The molecule has 0 fully saturated rings. The average molecular weight is 264 g/mol. The number of rotatable bonds is 1. The number of hydrogen-bond donors (Lipinski definition) is 0. The zero-order valence-electron chi connectivity index (χ0n) is 11.9. The Balaban J connectivity index is 2.31. The van der Waals surface area contributed by atoms with Crippen LogP contribution in [0.4, 0.5) is 0 Å². The molecule has 0 amide bonds. The molecular weight excluding hydrogens is 248 g/mol. The maximum Gasteiger partial charge on any atom is 0.194 e. The van der Waals surface area contributed by atoms with Crippen molar-refractivity contribution in [3.8, 4) is 11.1 Å². The summed E-state index contributed by atoms with van der Waals surface area (Å²) in [5.74, 6) is 0.0815. The lowest BCUT2D eigenvalue weighted by molar-refractivity contribution is 0.0859. The molecule has 0 aliphatic heterocycles. The lowest BCUT2D eigenvalue weighted by Gasteiger charge is -2.18. The van der Waals surface area contributed by atoms with Crippen LogP contribution in [0.1, 0.15) is 47.1 Å². The highest BCUT2D eigenvalue weighted by Crippen LogP contribution is 2.40. The van der Waals surface area contributed by atoms with Crippen LogP contribution in [0.5, 0.6) is 0 Å². The van der Waals surface area contributed by atoms with Crippen LogP contribution in [0.25, 0.3) is 11.1 Å². The monoisotopic (exact) mass is 264 g/mol. The SMILES string of the molecule is CC(C)(C)C(=O)c1cccc2c1-c1ccccc1C2=O. The van der Waals surface area contributed by atoms with Gasteiger partial charge in [0.2, 0.25) is 0 Å². The van der Waals surface area contributed by atoms with Gasteiger partial charge < -0.3 is 0 Å². The van der Waals surface area contributed by atoms with E-state index in [9.17, 15) is 9.59 Å². The van der Waals surface area contributed by atoms with Gasteiger partial charge in [0.1, 0.15) is 0 Å². The fourth-order valence-corrected chi connectivity index (χ4v) is 2.67. The van der Waals surface area contributed by atoms with Crippen LogP contribution in [0.2, 0.25) is 0 Å². The first-order chi connectivity index (χ1) is 9.41. The molecule has 0 heterocycles. The number of ketones is 2. The van der Waals surface area contributed by atoms with E-state index in [0.29, 0.717) is 16.7 Å². The third-order valence-electron chi connectivity index (χ3n) is 3.68. The van der Waals surface area contributed by atoms with Crippen molar-refractivity contribution in [3.63, 3.8) is 0 Å². The molecule has 0 radical (unpaired) electrons. The van der Waals surface area contributed by atoms with Crippen molar-refractivity contribution in [2.45, 2.75) is 20.8 Å². The number of benzene rings is 2. The van der Waals surface area contributed by atoms with E-state index >= 15 is 0 Å². The largest absolute Gasteiger partial charge is 0.294 e. The maximum absolute atomic E-state index is 12.6. The molecule has 0 unspecified atom stereocenters. The molecule has 1 aliphatic carbocycles. The Morgan fingerprint density at radius 2 is 1.45 bits per heavy atom. The average Bonchev–Trinajstić information content (AvgIpc) is 2.71. The summed E-state index contributed by atoms with van der Waals surface area (Å²) in [5.41, 5.74) is 3.19. The minimum absolute atomic E-state index is 0.0131. The molecule has 0 spiro atoms. The Morgan fingerprint density at radius 3 is 2.10 bits per heavy atom. The molecule has 1 aliphatic rings. The van der Waals surface area contributed by atoms with Gasteiger partial charge in [0, 0.05) is 27.7 Å². The number of hydrogen-bond acceptors (Lipinski definition) is 2. The van der Waals surface area contributed by atoms with E-state index in [-0.39, 0.29) is 11.6 Å². The lowest BCUT2D eigenvalue weighted by Crippen LogP contribution is -2.21. The molecule has 2 aromatic rings. The van der Waals surface area contributed by atoms with E-state index in [1.165, 1.54) is 0 Å². The van der Waals surface area contributed by atoms with Gasteiger partial charge in [-0.3, -0.25) is 9.59 Å². The van der Waals surface area contributed by atoms with Crippen LogP contribution in [-0.4, -0.2) is 11.6 Å². The Morgan fingerprint density at radius 1 is 0.850 bits per heavy atom. The number of fused-ring (bicyclic) bond motifs is 3. The van der Waals surface area contributed by atoms with Gasteiger partial charge in [-0.15, -0.1) is 0 Å². The molecule has 2 heteroatoms. The second kappa shape index (κ2) is 4.14. The van der Waals surface area contributed by atoms with Crippen LogP contribution in [0.3, 0.4) is 0 Å². The van der Waals surface area contributed by atoms with Gasteiger partial charge in [-0.1, -0.05) is 63.2 Å². The van der Waals surface area contributed by atoms with Crippen LogP contribution in [0.15, 0.2) is 42.5 Å². The van der Waals surface area contributed by atoms with E-state index in [1.54, 1.807) is 12.1 Å². The molecule has 3 rings (SSSR count). The molecule has 0 atom stereocenters. The lowest BCUT2D eigenvalue weighted by atomic mass is 9.83. The first kappa shape index (κ1) is 12.8. The smallest absolute Gasteiger partial charge is 0.194 e. The topological polar surface area (TPSA) is 34.1 Å². The fourth-order valence-electron chi connectivity index (χ4n) is 2.67. The van der Waals surface area contributed by atoms with E-state index in [2.05, 4.69) is 0 Å². The van der Waals surface area contributed by atoms with Crippen LogP contribution in [0, 0.1) is 5.41 Å². The van der Waals surface area contributed by atoms with Crippen molar-refractivity contribution < 1.29 is 9.59 Å². The van der Waals surface area contributed by atoms with Gasteiger partial charge in [-0.2, -0.15) is 0 Å². The second-order valence-electron chi connectivity index (χ2n) is 6.18. The highest BCUT2D eigenvalue weighted by Gasteiger charge is 2.33. The normalized spacial score (nSPS) is 13.1. The van der Waals surface area contributed by atoms with Crippen molar-refractivity contribution in [2.75, 3.05) is 0 Å². The first-order valence-corrected chi connectivity index (χ1v) is 6.73. The molecule has 2 aromatic carbocycles. The first-order valence-electron chi connectivity index (χ1n) is 6.73. The minimum atomic E-state index is -0.463. The van der Waals surface area contributed by atoms with E-state index in [4.69, 9.17) is 0 Å². The van der Waals surface area contributed by atoms with Gasteiger partial charge in [0.15, 0.2) is 11.6 Å². The van der Waals surface area contributed by atoms with Crippen molar-refractivity contribution in [1.82, 2.24) is 0 Å². The summed E-state index contributed by atoms with van der Waals surface area (Å²) >= 11 is 0. The molecule has 0 saturated carbocycles. The highest BCUT2D eigenvalue weighted by atomic mass is 16.1. The standard InChI is InChI=1S/C18H16O2/c1-18(2,3)17(20)14-10-6-9-13-15(14)11-7-4-5-8-12(11)16(13)19/h4-10H,1-3H3. The van der Waals surface area contributed by atoms with Gasteiger partial charge in [0.05, 0.1) is 0 Å². The Labute approximate surface area is 118 Å². The van der Waals surface area contributed by atoms with Crippen LogP contribution < -0.4 is 0 Å². The molecule has 100 valence electrons. The number of carbonyl (C=O) groups is 2. The molecule has 0 bridgehead atoms. The zero-order valence-corrected chi connectivity index (χ0v) is 11.9. The molecule has 20 heavy (non-hydrogen) atoms. The van der Waals surface area contributed by atoms with E-state index < -0.39 is 5.41 Å². The minimum Gasteiger partial charge on any atom is -0.294 e. The van der Waals surface area contributed by atoms with E-state index in [0.717, 1.165) is 11.1 Å². The van der Waals surface area contributed by atoms with Gasteiger partial charge in [0.25, 0.3) is 0 Å². The Bertz CT molecular complexity index is 733. The summed E-state index contributed by atoms with van der Waals surface area (Å²) in [7, 11) is 0. The summed E-state index contributed by atoms with van der Waals surface area (Å²) in [5, 5.41) is 0. The summed E-state index contributed by atoms with van der Waals surface area (Å²) in [6, 6.07) is 12.9. The quantitative estimate of drug-likeness (QED) is 0.619. The van der Waals surface area contributed by atoms with Crippen molar-refractivity contribution in [2.24, 2.45) is 5.41 Å². The highest BCUT2D eigenvalue weighted by molar-refractivity contribution is 6.25. The van der Waals surface area contributed by atoms with Crippen LogP contribution >= 0.6 is 0 Å². The summed E-state index contributed by atoms with van der Waals surface area (Å²) in [6.45, 7) is 5.70. The molecule has 0 N–H and O–H groups in total. The Kier molecular flexibility index (Phi) is 2.65. The van der Waals surface area contributed by atoms with Crippen molar-refractivity contribution in [3.05, 3.63) is 59.2 Å². The van der Waals surface area contributed by atoms with Crippen molar-refractivity contribution >= 4 is 11.6 Å². The zero-order chi connectivity index (χ0) is 14.5. The van der Waals surface area contributed by atoms with Crippen LogP contribution in [-0.2, 0) is 0 Å². The molecular formula is C18H16O2. The second-order valence-corrected chi connectivity index (χ2v) is 6.18. The van der Waals surface area contributed by atoms with Gasteiger partial charge in [-0.05, 0) is 5.56 Å². The number of Topliss-reactive ketones (excluding diaryl/α,β-unsaturated/α-hetero) is 1. The molecule has 2 nitrogen and oxygen atoms in total. The third kappa shape index (κ3) is 1.72. The summed E-state index contributed by atoms with van der Waals surface area (Å²) < 4.78 is 0. The predicted molar refractivity (Wildman–Crippen MR) is 79.1 cm³/mol. The Hall–Kier alpha value is -2.22. The molecule has 0 saturated heterocycles. The maximum atomic E-state index is 12.6. The summed E-state index contributed by atoms with van der Waals surface area (Å²) in [6.07, 6.45) is 0. The molecule has 0 aromatic heterocycles.